The number of hydrogen-bond donors (Lipinski definition) is 1. The number of rotatable bonds is 12. The molecule has 4 heteroatoms. The van der Waals surface area contributed by atoms with Crippen LogP contribution in [0, 0.1) is 0 Å². The van der Waals surface area contributed by atoms with E-state index in [0.29, 0.717) is 0 Å². The Kier molecular flexibility index (Phi) is 9.56. The summed E-state index contributed by atoms with van der Waals surface area (Å²) in [6.45, 7) is 17.5. The molecule has 0 saturated heterocycles. The first-order valence-corrected chi connectivity index (χ1v) is 20.9. The van der Waals surface area contributed by atoms with Crippen LogP contribution in [0.3, 0.4) is 0 Å². The quantitative estimate of drug-likeness (QED) is 0.243. The molecule has 0 bridgehead atoms. The molecule has 0 radical (unpaired) electrons. The van der Waals surface area contributed by atoms with Crippen LogP contribution in [0.4, 0.5) is 0 Å². The molecule has 0 unspecified atom stereocenters. The molecule has 0 saturated carbocycles. The van der Waals surface area contributed by atoms with Crippen LogP contribution in [0.5, 0.6) is 0 Å². The predicted molar refractivity (Wildman–Crippen MR) is 162 cm³/mol. The second kappa shape index (κ2) is 12.0. The van der Waals surface area contributed by atoms with Gasteiger partial charge in [0.05, 0.1) is 5.60 Å². The van der Waals surface area contributed by atoms with E-state index in [9.17, 15) is 5.11 Å². The first kappa shape index (κ1) is 28.6. The molecule has 194 valence electrons. The Morgan fingerprint density at radius 1 is 0.667 bits per heavy atom. The molecular weight excluding hydrogens is 471 g/mol. The van der Waals surface area contributed by atoms with Crippen LogP contribution >= 0.6 is 0 Å². The molecule has 3 aromatic carbocycles. The molecule has 0 heterocycles. The Bertz CT molecular complexity index is 1030. The third-order valence-electron chi connectivity index (χ3n) is 6.86. The van der Waals surface area contributed by atoms with Crippen molar-refractivity contribution in [2.45, 2.75) is 88.9 Å². The second-order valence-electron chi connectivity index (χ2n) is 13.1. The van der Waals surface area contributed by atoms with Gasteiger partial charge in [0.2, 0.25) is 0 Å². The third-order valence-corrected chi connectivity index (χ3v) is 10.3. The summed E-state index contributed by atoms with van der Waals surface area (Å²) in [6.07, 6.45) is 0.759. The van der Waals surface area contributed by atoms with E-state index < -0.39 is 21.7 Å². The van der Waals surface area contributed by atoms with Crippen molar-refractivity contribution >= 4 is 16.1 Å². The first-order chi connectivity index (χ1) is 16.9. The van der Waals surface area contributed by atoms with Gasteiger partial charge in [-0.3, -0.25) is 4.90 Å². The van der Waals surface area contributed by atoms with Gasteiger partial charge in [0, 0.05) is 34.8 Å². The fraction of sp³-hybridized carbons (Fsp3) is 0.438. The SMILES string of the molecule is C[C@H](c1ccccc1)N(Cc1ccccc1)[C@@H](CC(O)(C[Si](C)(C)C)C[Si](C)(C)C)c1ccccc1. The summed E-state index contributed by atoms with van der Waals surface area (Å²) >= 11 is 0. The highest BCUT2D eigenvalue weighted by molar-refractivity contribution is 6.78. The van der Waals surface area contributed by atoms with Crippen molar-refractivity contribution in [1.29, 1.82) is 0 Å². The summed E-state index contributed by atoms with van der Waals surface area (Å²) in [6, 6.07) is 34.7. The maximum atomic E-state index is 12.4. The van der Waals surface area contributed by atoms with Crippen LogP contribution in [0.25, 0.3) is 0 Å². The zero-order valence-electron chi connectivity index (χ0n) is 23.5. The van der Waals surface area contributed by atoms with Gasteiger partial charge in [-0.15, -0.1) is 0 Å². The van der Waals surface area contributed by atoms with Crippen molar-refractivity contribution in [3.8, 4) is 0 Å². The largest absolute Gasteiger partial charge is 0.390 e. The van der Waals surface area contributed by atoms with Crippen molar-refractivity contribution in [2.24, 2.45) is 0 Å². The Labute approximate surface area is 222 Å². The molecule has 0 amide bonds. The van der Waals surface area contributed by atoms with E-state index in [2.05, 4.69) is 142 Å². The first-order valence-electron chi connectivity index (χ1n) is 13.5. The highest BCUT2D eigenvalue weighted by Gasteiger charge is 2.41. The summed E-state index contributed by atoms with van der Waals surface area (Å²) in [5, 5.41) is 12.4. The number of nitrogens with zero attached hydrogens (tertiary/aromatic N) is 1. The van der Waals surface area contributed by atoms with Gasteiger partial charge >= 0.3 is 0 Å². The van der Waals surface area contributed by atoms with Crippen molar-refractivity contribution in [3.63, 3.8) is 0 Å². The second-order valence-corrected chi connectivity index (χ2v) is 24.0. The molecule has 0 fully saturated rings. The van der Waals surface area contributed by atoms with Crippen molar-refractivity contribution in [3.05, 3.63) is 108 Å². The van der Waals surface area contributed by atoms with E-state index in [4.69, 9.17) is 0 Å². The fourth-order valence-corrected chi connectivity index (χ4v) is 10.6. The Morgan fingerprint density at radius 3 is 1.53 bits per heavy atom. The third kappa shape index (κ3) is 8.84. The lowest BCUT2D eigenvalue weighted by Gasteiger charge is -2.44. The molecule has 2 nitrogen and oxygen atoms in total. The highest BCUT2D eigenvalue weighted by Crippen LogP contribution is 2.42. The summed E-state index contributed by atoms with van der Waals surface area (Å²) in [7, 11) is -3.01. The van der Waals surface area contributed by atoms with E-state index >= 15 is 0 Å². The van der Waals surface area contributed by atoms with Crippen LogP contribution in [0.2, 0.25) is 51.4 Å². The zero-order valence-corrected chi connectivity index (χ0v) is 25.5. The van der Waals surface area contributed by atoms with E-state index in [-0.39, 0.29) is 12.1 Å². The van der Waals surface area contributed by atoms with Gasteiger partial charge in [0.25, 0.3) is 0 Å². The van der Waals surface area contributed by atoms with Crippen molar-refractivity contribution in [1.82, 2.24) is 4.90 Å². The molecule has 3 rings (SSSR count). The van der Waals surface area contributed by atoms with Gasteiger partial charge in [0.1, 0.15) is 0 Å². The molecular formula is C32H47NOSi2. The summed E-state index contributed by atoms with van der Waals surface area (Å²) in [5.74, 6) is 0. The lowest BCUT2D eigenvalue weighted by molar-refractivity contribution is 0.0166. The Hall–Kier alpha value is -1.99. The molecule has 36 heavy (non-hydrogen) atoms. The smallest absolute Gasteiger partial charge is 0.0619 e. The molecule has 0 spiro atoms. The van der Waals surface area contributed by atoms with Gasteiger partial charge in [-0.2, -0.15) is 0 Å². The zero-order chi connectivity index (χ0) is 26.4. The lowest BCUT2D eigenvalue weighted by atomic mass is 9.90. The van der Waals surface area contributed by atoms with Gasteiger partial charge < -0.3 is 5.11 Å². The van der Waals surface area contributed by atoms with Gasteiger partial charge in [-0.25, -0.2) is 0 Å². The maximum Gasteiger partial charge on any atom is 0.0619 e. The standard InChI is InChI=1S/C32H47NOSi2/c1-27(29-19-13-9-14-20-29)33(24-28-17-11-8-12-18-28)31(30-21-15-10-16-22-30)23-32(34,25-35(2,3)4)26-36(5,6)7/h8-22,27,31,34H,23-26H2,1-7H3/t27-,31+/m1/s1. The number of benzene rings is 3. The van der Waals surface area contributed by atoms with E-state index in [1.807, 2.05) is 0 Å². The van der Waals surface area contributed by atoms with E-state index in [1.165, 1.54) is 16.7 Å². The summed E-state index contributed by atoms with van der Waals surface area (Å²) < 4.78 is 0. The maximum absolute atomic E-state index is 12.4. The highest BCUT2D eigenvalue weighted by atomic mass is 28.3. The molecule has 1 N–H and O–H groups in total. The molecule has 0 aliphatic rings. The van der Waals surface area contributed by atoms with E-state index in [0.717, 1.165) is 25.1 Å². The molecule has 3 aromatic rings. The predicted octanol–water partition coefficient (Wildman–Crippen LogP) is 8.79. The van der Waals surface area contributed by atoms with Crippen molar-refractivity contribution < 1.29 is 5.11 Å². The normalized spacial score (nSPS) is 14.6. The Balaban J connectivity index is 2.11. The van der Waals surface area contributed by atoms with Gasteiger partial charge in [-0.1, -0.05) is 130 Å². The van der Waals surface area contributed by atoms with Crippen LogP contribution in [-0.2, 0) is 6.54 Å². The van der Waals surface area contributed by atoms with Crippen LogP contribution < -0.4 is 0 Å². The molecule has 0 aliphatic heterocycles. The van der Waals surface area contributed by atoms with Crippen LogP contribution in [0.15, 0.2) is 91.0 Å². The minimum Gasteiger partial charge on any atom is -0.390 e. The van der Waals surface area contributed by atoms with E-state index in [1.54, 1.807) is 0 Å². The van der Waals surface area contributed by atoms with Crippen LogP contribution in [0.1, 0.15) is 42.1 Å². The molecule has 2 atom stereocenters. The summed E-state index contributed by atoms with van der Waals surface area (Å²) in [4.78, 5) is 2.62. The minimum atomic E-state index is -1.51. The van der Waals surface area contributed by atoms with Crippen LogP contribution in [-0.4, -0.2) is 31.8 Å². The fourth-order valence-electron chi connectivity index (χ4n) is 5.88. The molecule has 0 aliphatic carbocycles. The lowest BCUT2D eigenvalue weighted by Crippen LogP contribution is -2.46. The molecule has 0 aromatic heterocycles. The van der Waals surface area contributed by atoms with Gasteiger partial charge in [-0.05, 0) is 42.1 Å². The topological polar surface area (TPSA) is 23.5 Å². The average Bonchev–Trinajstić information content (AvgIpc) is 2.80. The number of hydrogen-bond acceptors (Lipinski definition) is 2. The van der Waals surface area contributed by atoms with Crippen molar-refractivity contribution in [2.75, 3.05) is 0 Å². The monoisotopic (exact) mass is 517 g/mol. The average molecular weight is 518 g/mol. The summed E-state index contributed by atoms with van der Waals surface area (Å²) in [5.41, 5.74) is 3.25. The minimum absolute atomic E-state index is 0.110. The Morgan fingerprint density at radius 2 is 1.08 bits per heavy atom. The van der Waals surface area contributed by atoms with Gasteiger partial charge in [0.15, 0.2) is 0 Å². The number of aliphatic hydroxyl groups is 1.